The molecule has 0 fully saturated rings. The van der Waals surface area contributed by atoms with E-state index in [9.17, 15) is 9.90 Å². The molecule has 0 radical (unpaired) electrons. The number of fused-ring (bicyclic) bond motifs is 3. The zero-order chi connectivity index (χ0) is 19.8. The summed E-state index contributed by atoms with van der Waals surface area (Å²) in [6.07, 6.45) is 0.361. The highest BCUT2D eigenvalue weighted by Crippen LogP contribution is 2.30. The van der Waals surface area contributed by atoms with E-state index in [0.717, 1.165) is 39.7 Å². The normalized spacial score (nSPS) is 13.3. The van der Waals surface area contributed by atoms with Crippen LogP contribution in [0.15, 0.2) is 72.8 Å². The average Bonchev–Trinajstić information content (AvgIpc) is 3.11. The zero-order valence-electron chi connectivity index (χ0n) is 15.8. The first kappa shape index (κ1) is 17.4. The lowest BCUT2D eigenvalue weighted by Gasteiger charge is -2.26. The number of phenolic OH excluding ortho intramolecular Hbond substituents is 1. The summed E-state index contributed by atoms with van der Waals surface area (Å²) >= 11 is 0. The number of carbonyl (C=O) groups excluding carboxylic acids is 1. The number of rotatable bonds is 2. The fourth-order valence-electron chi connectivity index (χ4n) is 3.92. The van der Waals surface area contributed by atoms with Gasteiger partial charge in [-0.3, -0.25) is 0 Å². The summed E-state index contributed by atoms with van der Waals surface area (Å²) < 4.78 is 5.66. The van der Waals surface area contributed by atoms with Crippen LogP contribution in [0, 0.1) is 0 Å². The van der Waals surface area contributed by atoms with Crippen LogP contribution in [0.4, 0.5) is 4.79 Å². The topological polar surface area (TPSA) is 65.6 Å². The third-order valence-corrected chi connectivity index (χ3v) is 5.36. The molecule has 5 rings (SSSR count). The standard InChI is InChI=1S/C24H20N2O3/c27-18-9-10-22-21(14-18)20-11-12-26(15-23(20)25-22)24(28)29-19-8-4-7-17(13-19)16-5-2-1-3-6-16/h1-10,13-14,25,27H,11-12,15H2. The van der Waals surface area contributed by atoms with E-state index >= 15 is 0 Å². The van der Waals surface area contributed by atoms with Crippen LogP contribution >= 0.6 is 0 Å². The zero-order valence-corrected chi connectivity index (χ0v) is 15.8. The van der Waals surface area contributed by atoms with Crippen molar-refractivity contribution in [3.8, 4) is 22.6 Å². The van der Waals surface area contributed by atoms with Crippen LogP contribution in [0.3, 0.4) is 0 Å². The summed E-state index contributed by atoms with van der Waals surface area (Å²) in [5, 5.41) is 10.8. The second-order valence-corrected chi connectivity index (χ2v) is 7.25. The number of aromatic nitrogens is 1. The second kappa shape index (κ2) is 7.02. The van der Waals surface area contributed by atoms with Gasteiger partial charge in [0.2, 0.25) is 0 Å². The number of carbonyl (C=O) groups is 1. The van der Waals surface area contributed by atoms with Gasteiger partial charge in [-0.15, -0.1) is 0 Å². The van der Waals surface area contributed by atoms with E-state index in [0.29, 0.717) is 18.8 Å². The van der Waals surface area contributed by atoms with Crippen molar-refractivity contribution in [1.82, 2.24) is 9.88 Å². The second-order valence-electron chi connectivity index (χ2n) is 7.25. The number of nitrogens with zero attached hydrogens (tertiary/aromatic N) is 1. The Bertz CT molecular complexity index is 1200. The van der Waals surface area contributed by atoms with Gasteiger partial charge in [-0.2, -0.15) is 0 Å². The maximum Gasteiger partial charge on any atom is 0.415 e. The maximum absolute atomic E-state index is 12.7. The highest BCUT2D eigenvalue weighted by Gasteiger charge is 2.25. The fraction of sp³-hybridized carbons (Fsp3) is 0.125. The molecule has 1 aromatic heterocycles. The van der Waals surface area contributed by atoms with Crippen molar-refractivity contribution in [1.29, 1.82) is 0 Å². The van der Waals surface area contributed by atoms with Crippen molar-refractivity contribution < 1.29 is 14.6 Å². The summed E-state index contributed by atoms with van der Waals surface area (Å²) in [5.74, 6) is 0.781. The lowest BCUT2D eigenvalue weighted by atomic mass is 10.0. The predicted molar refractivity (Wildman–Crippen MR) is 112 cm³/mol. The molecule has 0 unspecified atom stereocenters. The molecule has 29 heavy (non-hydrogen) atoms. The van der Waals surface area contributed by atoms with Gasteiger partial charge in [-0.1, -0.05) is 42.5 Å². The SMILES string of the molecule is O=C(Oc1cccc(-c2ccccc2)c1)N1CCc2c([nH]c3ccc(O)cc23)C1. The first-order valence-corrected chi connectivity index (χ1v) is 9.62. The molecular formula is C24H20N2O3. The molecule has 1 aliphatic rings. The van der Waals surface area contributed by atoms with Crippen molar-refractivity contribution in [2.75, 3.05) is 6.54 Å². The Kier molecular flexibility index (Phi) is 4.21. The van der Waals surface area contributed by atoms with E-state index < -0.39 is 0 Å². The lowest BCUT2D eigenvalue weighted by molar-refractivity contribution is 0.146. The molecule has 0 aliphatic carbocycles. The highest BCUT2D eigenvalue weighted by molar-refractivity contribution is 5.86. The Balaban J connectivity index is 1.34. The summed E-state index contributed by atoms with van der Waals surface area (Å²) in [4.78, 5) is 17.8. The number of amides is 1. The van der Waals surface area contributed by atoms with Crippen LogP contribution in [0.2, 0.25) is 0 Å². The molecule has 0 bridgehead atoms. The first-order valence-electron chi connectivity index (χ1n) is 9.62. The minimum atomic E-state index is -0.359. The molecule has 4 aromatic rings. The van der Waals surface area contributed by atoms with Crippen LogP contribution in [0.1, 0.15) is 11.3 Å². The summed E-state index contributed by atoms with van der Waals surface area (Å²) in [7, 11) is 0. The number of benzene rings is 3. The molecule has 0 saturated heterocycles. The number of hydrogen-bond acceptors (Lipinski definition) is 3. The van der Waals surface area contributed by atoms with Crippen LogP contribution in [0.5, 0.6) is 11.5 Å². The Morgan fingerprint density at radius 3 is 2.66 bits per heavy atom. The Hall–Kier alpha value is -3.73. The number of hydrogen-bond donors (Lipinski definition) is 2. The van der Waals surface area contributed by atoms with E-state index in [1.54, 1.807) is 23.1 Å². The van der Waals surface area contributed by atoms with E-state index in [1.165, 1.54) is 0 Å². The van der Waals surface area contributed by atoms with Gasteiger partial charge < -0.3 is 19.7 Å². The van der Waals surface area contributed by atoms with Crippen molar-refractivity contribution >= 4 is 17.0 Å². The predicted octanol–water partition coefficient (Wildman–Crippen LogP) is 5.10. The van der Waals surface area contributed by atoms with Crippen LogP contribution < -0.4 is 4.74 Å². The van der Waals surface area contributed by atoms with E-state index in [-0.39, 0.29) is 11.8 Å². The molecule has 0 atom stereocenters. The largest absolute Gasteiger partial charge is 0.508 e. The molecule has 5 nitrogen and oxygen atoms in total. The van der Waals surface area contributed by atoms with Gasteiger partial charge in [-0.25, -0.2) is 4.79 Å². The van der Waals surface area contributed by atoms with Gasteiger partial charge in [0.25, 0.3) is 0 Å². The van der Waals surface area contributed by atoms with Crippen molar-refractivity contribution in [2.45, 2.75) is 13.0 Å². The third kappa shape index (κ3) is 3.31. The van der Waals surface area contributed by atoms with Gasteiger partial charge in [-0.05, 0) is 53.4 Å². The maximum atomic E-state index is 12.7. The number of phenols is 1. The van der Waals surface area contributed by atoms with Crippen LogP contribution in [0.25, 0.3) is 22.0 Å². The minimum Gasteiger partial charge on any atom is -0.508 e. The molecule has 0 spiro atoms. The molecule has 3 aromatic carbocycles. The molecule has 144 valence electrons. The average molecular weight is 384 g/mol. The molecule has 5 heteroatoms. The lowest BCUT2D eigenvalue weighted by Crippen LogP contribution is -2.37. The van der Waals surface area contributed by atoms with Crippen molar-refractivity contribution in [3.05, 3.63) is 84.1 Å². The number of nitrogens with one attached hydrogen (secondary N) is 1. The number of aromatic amines is 1. The summed E-state index contributed by atoms with van der Waals surface area (Å²) in [6.45, 7) is 1.04. The molecular weight excluding hydrogens is 364 g/mol. The van der Waals surface area contributed by atoms with Crippen molar-refractivity contribution in [3.63, 3.8) is 0 Å². The van der Waals surface area contributed by atoms with E-state index in [2.05, 4.69) is 4.98 Å². The third-order valence-electron chi connectivity index (χ3n) is 5.36. The molecule has 2 N–H and O–H groups in total. The number of aromatic hydroxyl groups is 1. The highest BCUT2D eigenvalue weighted by atomic mass is 16.6. The van der Waals surface area contributed by atoms with E-state index in [1.807, 2.05) is 54.6 Å². The van der Waals surface area contributed by atoms with Gasteiger partial charge in [0, 0.05) is 23.1 Å². The number of ether oxygens (including phenoxy) is 1. The molecule has 1 aliphatic heterocycles. The minimum absolute atomic E-state index is 0.249. The van der Waals surface area contributed by atoms with Crippen LogP contribution in [-0.2, 0) is 13.0 Å². The van der Waals surface area contributed by atoms with E-state index in [4.69, 9.17) is 4.74 Å². The Labute approximate surface area is 168 Å². The Morgan fingerprint density at radius 2 is 1.79 bits per heavy atom. The summed E-state index contributed by atoms with van der Waals surface area (Å²) in [5.41, 5.74) is 5.21. The van der Waals surface area contributed by atoms with Gasteiger partial charge >= 0.3 is 6.09 Å². The van der Waals surface area contributed by atoms with Gasteiger partial charge in [0.05, 0.1) is 6.54 Å². The fourth-order valence-corrected chi connectivity index (χ4v) is 3.92. The molecule has 2 heterocycles. The molecule has 0 saturated carbocycles. The van der Waals surface area contributed by atoms with Crippen molar-refractivity contribution in [2.24, 2.45) is 0 Å². The monoisotopic (exact) mass is 384 g/mol. The smallest absolute Gasteiger partial charge is 0.415 e. The van der Waals surface area contributed by atoms with Gasteiger partial charge in [0.1, 0.15) is 11.5 Å². The first-order chi connectivity index (χ1) is 14.2. The molecule has 1 amide bonds. The Morgan fingerprint density at radius 1 is 0.966 bits per heavy atom. The van der Waals surface area contributed by atoms with Gasteiger partial charge in [0.15, 0.2) is 0 Å². The quantitative estimate of drug-likeness (QED) is 0.505. The number of H-pyrrole nitrogens is 1. The van der Waals surface area contributed by atoms with Crippen LogP contribution in [-0.4, -0.2) is 27.6 Å². The summed E-state index contributed by atoms with van der Waals surface area (Å²) in [6, 6.07) is 22.9.